The second-order valence-corrected chi connectivity index (χ2v) is 8.28. The fourth-order valence-electron chi connectivity index (χ4n) is 5.47. The summed E-state index contributed by atoms with van der Waals surface area (Å²) >= 11 is 0. The highest BCUT2D eigenvalue weighted by Gasteiger charge is 2.37. The van der Waals surface area contributed by atoms with Gasteiger partial charge in [-0.25, -0.2) is 4.98 Å². The summed E-state index contributed by atoms with van der Waals surface area (Å²) in [4.78, 5) is 12.1. The monoisotopic (exact) mass is 363 g/mol. The Balaban J connectivity index is 1.57. The smallest absolute Gasteiger partial charge is 0.222 e. The first-order valence-corrected chi connectivity index (χ1v) is 10.5. The molecule has 1 aromatic carbocycles. The Morgan fingerprint density at radius 2 is 1.93 bits per heavy atom. The Morgan fingerprint density at radius 3 is 2.81 bits per heavy atom. The lowest BCUT2D eigenvalue weighted by Crippen LogP contribution is -2.53. The van der Waals surface area contributed by atoms with E-state index in [-0.39, 0.29) is 0 Å². The van der Waals surface area contributed by atoms with Gasteiger partial charge in [-0.3, -0.25) is 0 Å². The van der Waals surface area contributed by atoms with Crippen LogP contribution in [0.15, 0.2) is 30.3 Å². The molecule has 1 aromatic heterocycles. The number of rotatable bonds is 2. The number of hydrogen-bond donors (Lipinski definition) is 2. The fraction of sp³-hybridized carbons (Fsp3) is 0.545. The lowest BCUT2D eigenvalue weighted by atomic mass is 9.81. The minimum absolute atomic E-state index is 0.340. The van der Waals surface area contributed by atoms with Crippen LogP contribution >= 0.6 is 0 Å². The van der Waals surface area contributed by atoms with Gasteiger partial charge < -0.3 is 16.0 Å². The lowest BCUT2D eigenvalue weighted by molar-refractivity contribution is 0.257. The molecule has 3 N–H and O–H groups in total. The van der Waals surface area contributed by atoms with E-state index in [1.165, 1.54) is 42.5 Å². The number of piperidine rings is 2. The van der Waals surface area contributed by atoms with Crippen LogP contribution in [0.5, 0.6) is 0 Å². The third-order valence-electron chi connectivity index (χ3n) is 6.70. The summed E-state index contributed by atoms with van der Waals surface area (Å²) < 4.78 is 0. The molecule has 1 unspecified atom stereocenters. The zero-order chi connectivity index (χ0) is 18.2. The predicted octanol–water partition coefficient (Wildman–Crippen LogP) is 3.11. The van der Waals surface area contributed by atoms with E-state index in [9.17, 15) is 0 Å². The van der Waals surface area contributed by atoms with Gasteiger partial charge in [-0.1, -0.05) is 30.3 Å². The molecule has 1 aliphatic carbocycles. The molecule has 3 heterocycles. The van der Waals surface area contributed by atoms with E-state index in [0.717, 1.165) is 44.2 Å². The van der Waals surface area contributed by atoms with Crippen molar-refractivity contribution in [3.63, 3.8) is 0 Å². The first-order chi connectivity index (χ1) is 13.3. The Hall–Kier alpha value is -2.14. The van der Waals surface area contributed by atoms with Crippen molar-refractivity contribution in [1.29, 1.82) is 0 Å². The zero-order valence-electron chi connectivity index (χ0n) is 15.9. The van der Waals surface area contributed by atoms with E-state index in [2.05, 4.69) is 40.5 Å². The van der Waals surface area contributed by atoms with E-state index < -0.39 is 0 Å². The van der Waals surface area contributed by atoms with Crippen LogP contribution in [-0.4, -0.2) is 35.6 Å². The van der Waals surface area contributed by atoms with E-state index in [1.54, 1.807) is 0 Å². The maximum Gasteiger partial charge on any atom is 0.222 e. The van der Waals surface area contributed by atoms with Gasteiger partial charge in [-0.15, -0.1) is 0 Å². The van der Waals surface area contributed by atoms with Crippen LogP contribution in [0.3, 0.4) is 0 Å². The topological polar surface area (TPSA) is 67.1 Å². The summed E-state index contributed by atoms with van der Waals surface area (Å²) in [5, 5.41) is 3.57. The van der Waals surface area contributed by atoms with Crippen molar-refractivity contribution in [2.45, 2.75) is 50.5 Å². The Bertz CT molecular complexity index is 804. The maximum absolute atomic E-state index is 6.24. The van der Waals surface area contributed by atoms with Gasteiger partial charge in [-0.2, -0.15) is 4.98 Å². The Morgan fingerprint density at radius 1 is 1.04 bits per heavy atom. The quantitative estimate of drug-likeness (QED) is 0.858. The van der Waals surface area contributed by atoms with E-state index >= 15 is 0 Å². The first-order valence-electron chi connectivity index (χ1n) is 10.5. The van der Waals surface area contributed by atoms with Gasteiger partial charge in [0.2, 0.25) is 5.95 Å². The van der Waals surface area contributed by atoms with Crippen molar-refractivity contribution < 1.29 is 0 Å². The first kappa shape index (κ1) is 17.0. The lowest BCUT2D eigenvalue weighted by Gasteiger charge is -2.46. The predicted molar refractivity (Wildman–Crippen MR) is 109 cm³/mol. The molecule has 0 radical (unpaired) electrons. The number of aromatic nitrogens is 2. The maximum atomic E-state index is 6.24. The van der Waals surface area contributed by atoms with Gasteiger partial charge in [-0.05, 0) is 63.1 Å². The fourth-order valence-corrected chi connectivity index (χ4v) is 5.47. The average Bonchev–Trinajstić information content (AvgIpc) is 2.73. The molecule has 0 spiro atoms. The summed E-state index contributed by atoms with van der Waals surface area (Å²) in [5.74, 6) is 2.64. The van der Waals surface area contributed by atoms with Gasteiger partial charge in [0, 0.05) is 24.1 Å². The molecule has 2 aromatic rings. The largest absolute Gasteiger partial charge is 0.368 e. The summed E-state index contributed by atoms with van der Waals surface area (Å²) in [6, 6.07) is 11.4. The summed E-state index contributed by atoms with van der Waals surface area (Å²) in [6.07, 6.45) is 7.16. The molecular weight excluding hydrogens is 334 g/mol. The molecule has 2 fully saturated rings. The van der Waals surface area contributed by atoms with Crippen LogP contribution in [0.1, 0.15) is 54.8 Å². The molecule has 2 aliphatic heterocycles. The van der Waals surface area contributed by atoms with Crippen molar-refractivity contribution in [2.24, 2.45) is 5.92 Å². The number of nitrogen functional groups attached to an aromatic ring is 1. The SMILES string of the molecule is Nc1nc2c(c(N3CCC[C@@H]4CNCC[C@H]43)n1)CCCC2c1ccccc1. The van der Waals surface area contributed by atoms with Gasteiger partial charge in [0.05, 0.1) is 5.69 Å². The van der Waals surface area contributed by atoms with E-state index in [4.69, 9.17) is 15.7 Å². The molecule has 3 aliphatic rings. The van der Waals surface area contributed by atoms with Crippen molar-refractivity contribution in [2.75, 3.05) is 30.3 Å². The van der Waals surface area contributed by atoms with Crippen LogP contribution in [0.2, 0.25) is 0 Å². The second-order valence-electron chi connectivity index (χ2n) is 8.28. The summed E-state index contributed by atoms with van der Waals surface area (Å²) in [6.45, 7) is 3.34. The summed E-state index contributed by atoms with van der Waals surface area (Å²) in [5.41, 5.74) is 10.1. The van der Waals surface area contributed by atoms with Gasteiger partial charge in [0.25, 0.3) is 0 Å². The second kappa shape index (κ2) is 7.12. The third kappa shape index (κ3) is 3.08. The summed E-state index contributed by atoms with van der Waals surface area (Å²) in [7, 11) is 0. The number of nitrogens with zero attached hydrogens (tertiary/aromatic N) is 3. The van der Waals surface area contributed by atoms with Crippen LogP contribution in [0.4, 0.5) is 11.8 Å². The van der Waals surface area contributed by atoms with Crippen molar-refractivity contribution >= 4 is 11.8 Å². The van der Waals surface area contributed by atoms with Crippen molar-refractivity contribution in [3.05, 3.63) is 47.2 Å². The number of hydrogen-bond acceptors (Lipinski definition) is 5. The number of benzene rings is 1. The van der Waals surface area contributed by atoms with Gasteiger partial charge >= 0.3 is 0 Å². The molecule has 0 saturated carbocycles. The molecule has 5 rings (SSSR count). The van der Waals surface area contributed by atoms with Crippen LogP contribution in [0.25, 0.3) is 0 Å². The molecule has 5 nitrogen and oxygen atoms in total. The van der Waals surface area contributed by atoms with Crippen LogP contribution in [-0.2, 0) is 6.42 Å². The van der Waals surface area contributed by atoms with Crippen LogP contribution in [0, 0.1) is 5.92 Å². The highest BCUT2D eigenvalue weighted by atomic mass is 15.3. The highest BCUT2D eigenvalue weighted by molar-refractivity contribution is 5.56. The number of fused-ring (bicyclic) bond motifs is 2. The molecule has 3 atom stereocenters. The molecule has 0 amide bonds. The normalized spacial score (nSPS) is 27.7. The zero-order valence-corrected chi connectivity index (χ0v) is 15.9. The van der Waals surface area contributed by atoms with Crippen molar-refractivity contribution in [3.8, 4) is 0 Å². The van der Waals surface area contributed by atoms with E-state index in [0.29, 0.717) is 17.9 Å². The molecule has 142 valence electrons. The molecule has 2 saturated heterocycles. The highest BCUT2D eigenvalue weighted by Crippen LogP contribution is 2.41. The number of nitrogens with two attached hydrogens (primary N) is 1. The standard InChI is InChI=1S/C22H29N5/c23-22-25-20-17(15-6-2-1-3-7-15)9-4-10-18(20)21(26-22)27-13-5-8-16-14-24-12-11-19(16)27/h1-3,6-7,16-17,19,24H,4-5,8-14H2,(H2,23,25,26)/t16-,17?,19-/m1/s1. The van der Waals surface area contributed by atoms with Crippen molar-refractivity contribution in [1.82, 2.24) is 15.3 Å². The minimum atomic E-state index is 0.340. The molecule has 27 heavy (non-hydrogen) atoms. The molecular formula is C22H29N5. The average molecular weight is 364 g/mol. The Labute approximate surface area is 161 Å². The Kier molecular flexibility index (Phi) is 4.48. The number of nitrogens with one attached hydrogen (secondary N) is 1. The molecule has 0 bridgehead atoms. The van der Waals surface area contributed by atoms with E-state index in [1.807, 2.05) is 0 Å². The van der Waals surface area contributed by atoms with Crippen LogP contribution < -0.4 is 16.0 Å². The minimum Gasteiger partial charge on any atom is -0.368 e. The van der Waals surface area contributed by atoms with Gasteiger partial charge in [0.1, 0.15) is 5.82 Å². The number of anilines is 2. The van der Waals surface area contributed by atoms with Gasteiger partial charge in [0.15, 0.2) is 0 Å². The molecule has 5 heteroatoms. The third-order valence-corrected chi connectivity index (χ3v) is 6.70.